The Kier molecular flexibility index (Phi) is 8.67. The van der Waals surface area contributed by atoms with Crippen molar-refractivity contribution in [2.75, 3.05) is 7.11 Å². The minimum absolute atomic E-state index is 0.0525. The molecule has 0 amide bonds. The van der Waals surface area contributed by atoms with E-state index in [2.05, 4.69) is 41.5 Å². The van der Waals surface area contributed by atoms with Crippen LogP contribution in [0.3, 0.4) is 0 Å². The van der Waals surface area contributed by atoms with Crippen LogP contribution in [0.2, 0.25) is 0 Å². The molecule has 0 aliphatic heterocycles. The number of fused-ring (bicyclic) bond motifs is 1. The van der Waals surface area contributed by atoms with Gasteiger partial charge in [-0.15, -0.1) is 6.58 Å². The summed E-state index contributed by atoms with van der Waals surface area (Å²) in [5, 5.41) is 5.10. The van der Waals surface area contributed by atoms with Crippen LogP contribution in [0.25, 0.3) is 10.9 Å². The Bertz CT molecular complexity index is 1270. The molecule has 180 valence electrons. The molecule has 34 heavy (non-hydrogen) atoms. The van der Waals surface area contributed by atoms with Crippen molar-refractivity contribution in [1.29, 1.82) is 0 Å². The fourth-order valence-corrected chi connectivity index (χ4v) is 3.90. The highest BCUT2D eigenvalue weighted by Gasteiger charge is 2.17. The average Bonchev–Trinajstić information content (AvgIpc) is 2.84. The average molecular weight is 526 g/mol. The molecule has 0 fully saturated rings. The Morgan fingerprint density at radius 3 is 2.62 bits per heavy atom. The molecule has 2 atom stereocenters. The van der Waals surface area contributed by atoms with Gasteiger partial charge in [0.25, 0.3) is 5.56 Å². The summed E-state index contributed by atoms with van der Waals surface area (Å²) < 4.78 is 14.0. The molecule has 0 bridgehead atoms. The lowest BCUT2D eigenvalue weighted by Crippen LogP contribution is -2.23. The van der Waals surface area contributed by atoms with Crippen molar-refractivity contribution in [3.8, 4) is 11.5 Å². The van der Waals surface area contributed by atoms with E-state index in [4.69, 9.17) is 14.5 Å². The summed E-state index contributed by atoms with van der Waals surface area (Å²) in [6.45, 7) is 12.1. The number of halogens is 1. The third kappa shape index (κ3) is 5.58. The predicted octanol–water partition coefficient (Wildman–Crippen LogP) is 6.47. The second-order valence-electron chi connectivity index (χ2n) is 8.34. The zero-order valence-electron chi connectivity index (χ0n) is 20.5. The maximum atomic E-state index is 13.4. The first-order valence-corrected chi connectivity index (χ1v) is 12.4. The molecule has 2 aromatic carbocycles. The minimum atomic E-state index is -0.201. The van der Waals surface area contributed by atoms with Crippen molar-refractivity contribution >= 4 is 33.0 Å². The van der Waals surface area contributed by atoms with Crippen molar-refractivity contribution in [2.24, 2.45) is 5.10 Å². The van der Waals surface area contributed by atoms with Gasteiger partial charge in [-0.1, -0.05) is 42.8 Å². The first-order valence-electron chi connectivity index (χ1n) is 11.6. The highest BCUT2D eigenvalue weighted by Crippen LogP contribution is 2.34. The zero-order chi connectivity index (χ0) is 24.8. The first kappa shape index (κ1) is 25.7. The van der Waals surface area contributed by atoms with E-state index < -0.39 is 0 Å². The van der Waals surface area contributed by atoms with Crippen LogP contribution in [0.15, 0.2) is 57.4 Å². The van der Waals surface area contributed by atoms with Gasteiger partial charge in [-0.3, -0.25) is 4.79 Å². The number of nitrogens with zero attached hydrogens (tertiary/aromatic N) is 3. The lowest BCUT2D eigenvalue weighted by molar-refractivity contribution is 0.206. The molecule has 0 aliphatic carbocycles. The van der Waals surface area contributed by atoms with Gasteiger partial charge in [0.05, 0.1) is 30.3 Å². The Morgan fingerprint density at radius 1 is 1.21 bits per heavy atom. The molecule has 0 aliphatic rings. The van der Waals surface area contributed by atoms with Gasteiger partial charge in [-0.2, -0.15) is 9.78 Å². The van der Waals surface area contributed by atoms with Crippen LogP contribution in [0.4, 0.5) is 0 Å². The summed E-state index contributed by atoms with van der Waals surface area (Å²) in [5.41, 5.74) is 2.21. The van der Waals surface area contributed by atoms with Crippen LogP contribution in [-0.2, 0) is 6.42 Å². The number of hydrogen-bond donors (Lipinski definition) is 0. The van der Waals surface area contributed by atoms with E-state index in [1.54, 1.807) is 19.4 Å². The number of allylic oxidation sites excluding steroid dienone is 1. The third-order valence-corrected chi connectivity index (χ3v) is 6.33. The Balaban J connectivity index is 2.15. The van der Waals surface area contributed by atoms with E-state index in [0.29, 0.717) is 34.6 Å². The summed E-state index contributed by atoms with van der Waals surface area (Å²) >= 11 is 3.45. The lowest BCUT2D eigenvalue weighted by Gasteiger charge is -2.19. The lowest BCUT2D eigenvalue weighted by atomic mass is 10.1. The molecule has 1 aromatic heterocycles. The monoisotopic (exact) mass is 525 g/mol. The Hall–Kier alpha value is -2.93. The van der Waals surface area contributed by atoms with Crippen LogP contribution < -0.4 is 15.0 Å². The maximum absolute atomic E-state index is 13.4. The van der Waals surface area contributed by atoms with Crippen LogP contribution in [0.1, 0.15) is 63.4 Å². The topological polar surface area (TPSA) is 65.7 Å². The molecule has 0 spiro atoms. The normalized spacial score (nSPS) is 13.2. The summed E-state index contributed by atoms with van der Waals surface area (Å²) in [5.74, 6) is 2.03. The SMILES string of the molecule is C=CCc1cc(C=Nn2c([C@H](C)CC)nc3ccc(Br)cc3c2=O)cc(OC)c1O[C@@H](C)CC. The quantitative estimate of drug-likeness (QED) is 0.224. The fraction of sp³-hybridized carbons (Fsp3) is 0.370. The molecular formula is C27H32BrN3O3. The van der Waals surface area contributed by atoms with Gasteiger partial charge in [0, 0.05) is 16.0 Å². The van der Waals surface area contributed by atoms with Gasteiger partial charge < -0.3 is 9.47 Å². The first-order chi connectivity index (χ1) is 16.3. The standard InChI is InChI=1S/C27H32BrN3O3/c1-7-10-20-13-19(14-24(33-6)25(20)34-18(5)9-3)16-29-31-26(17(4)8-2)30-23-12-11-21(28)15-22(23)27(31)32/h7,11-18H,1,8-10H2,2-6H3/t17-,18+/m1/s1. The number of hydrogen-bond acceptors (Lipinski definition) is 5. The van der Waals surface area contributed by atoms with Crippen LogP contribution in [-0.4, -0.2) is 29.1 Å². The highest BCUT2D eigenvalue weighted by atomic mass is 79.9. The second-order valence-corrected chi connectivity index (χ2v) is 9.26. The zero-order valence-corrected chi connectivity index (χ0v) is 22.1. The molecule has 6 nitrogen and oxygen atoms in total. The van der Waals surface area contributed by atoms with Gasteiger partial charge in [0.1, 0.15) is 5.82 Å². The fourth-order valence-electron chi connectivity index (χ4n) is 3.54. The van der Waals surface area contributed by atoms with E-state index in [-0.39, 0.29) is 17.6 Å². The summed E-state index contributed by atoms with van der Waals surface area (Å²) in [7, 11) is 1.62. The van der Waals surface area contributed by atoms with Crippen molar-refractivity contribution < 1.29 is 9.47 Å². The number of benzene rings is 2. The van der Waals surface area contributed by atoms with Crippen LogP contribution >= 0.6 is 15.9 Å². The Morgan fingerprint density at radius 2 is 1.97 bits per heavy atom. The smallest absolute Gasteiger partial charge is 0.282 e. The molecule has 0 radical (unpaired) electrons. The molecule has 0 saturated carbocycles. The van der Waals surface area contributed by atoms with E-state index in [9.17, 15) is 4.79 Å². The van der Waals surface area contributed by atoms with Crippen LogP contribution in [0, 0.1) is 0 Å². The van der Waals surface area contributed by atoms with Gasteiger partial charge >= 0.3 is 0 Å². The van der Waals surface area contributed by atoms with Crippen molar-refractivity contribution in [3.05, 3.63) is 74.8 Å². The molecule has 3 aromatic rings. The van der Waals surface area contributed by atoms with E-state index in [0.717, 1.165) is 28.4 Å². The van der Waals surface area contributed by atoms with E-state index >= 15 is 0 Å². The molecule has 0 N–H and O–H groups in total. The maximum Gasteiger partial charge on any atom is 0.282 e. The molecular weight excluding hydrogens is 494 g/mol. The molecule has 0 saturated heterocycles. The van der Waals surface area contributed by atoms with Gasteiger partial charge in [0.15, 0.2) is 11.5 Å². The largest absolute Gasteiger partial charge is 0.493 e. The van der Waals surface area contributed by atoms with Crippen molar-refractivity contribution in [3.63, 3.8) is 0 Å². The molecule has 3 rings (SSSR count). The number of aromatic nitrogens is 2. The molecule has 7 heteroatoms. The third-order valence-electron chi connectivity index (χ3n) is 5.84. The molecule has 0 unspecified atom stereocenters. The van der Waals surface area contributed by atoms with E-state index in [1.165, 1.54) is 4.68 Å². The highest BCUT2D eigenvalue weighted by molar-refractivity contribution is 9.10. The van der Waals surface area contributed by atoms with Crippen molar-refractivity contribution in [1.82, 2.24) is 9.66 Å². The van der Waals surface area contributed by atoms with Crippen molar-refractivity contribution in [2.45, 2.75) is 59.0 Å². The van der Waals surface area contributed by atoms with Gasteiger partial charge in [0.2, 0.25) is 0 Å². The minimum Gasteiger partial charge on any atom is -0.493 e. The summed E-state index contributed by atoms with van der Waals surface area (Å²) in [4.78, 5) is 18.1. The summed E-state index contributed by atoms with van der Waals surface area (Å²) in [6, 6.07) is 9.38. The second kappa shape index (κ2) is 11.5. The molecule has 1 heterocycles. The number of ether oxygens (including phenoxy) is 2. The van der Waals surface area contributed by atoms with E-state index in [1.807, 2.05) is 44.2 Å². The number of rotatable bonds is 10. The predicted molar refractivity (Wildman–Crippen MR) is 143 cm³/mol. The Labute approximate surface area is 209 Å². The van der Waals surface area contributed by atoms with Crippen LogP contribution in [0.5, 0.6) is 11.5 Å². The van der Waals surface area contributed by atoms with Gasteiger partial charge in [-0.25, -0.2) is 4.98 Å². The van der Waals surface area contributed by atoms with Gasteiger partial charge in [-0.05, 0) is 62.1 Å². The summed E-state index contributed by atoms with van der Waals surface area (Å²) in [6.07, 6.45) is 5.89. The number of methoxy groups -OCH3 is 1.